The molecule has 0 unspecified atom stereocenters. The smallest absolute Gasteiger partial charge is 0.145 e. The highest BCUT2D eigenvalue weighted by Crippen LogP contribution is 2.11. The van der Waals surface area contributed by atoms with E-state index >= 15 is 0 Å². The van der Waals surface area contributed by atoms with Crippen LogP contribution >= 0.6 is 11.6 Å². The molecule has 0 aliphatic rings. The molecule has 0 atom stereocenters. The van der Waals surface area contributed by atoms with E-state index in [9.17, 15) is 9.18 Å². The van der Waals surface area contributed by atoms with E-state index in [1.54, 1.807) is 0 Å². The Bertz CT molecular complexity index is 277. The van der Waals surface area contributed by atoms with Crippen LogP contribution in [-0.4, -0.2) is 11.3 Å². The molecular weight excluding hydrogens is 169 g/mol. The van der Waals surface area contributed by atoms with Crippen LogP contribution < -0.4 is 0 Å². The van der Waals surface area contributed by atoms with Crippen LogP contribution in [0.1, 0.15) is 5.56 Å². The molecular formula is C7H5ClFNO. The minimum absolute atomic E-state index is 0.0358. The zero-order valence-corrected chi connectivity index (χ0v) is 6.31. The number of rotatable bonds is 2. The van der Waals surface area contributed by atoms with Crippen molar-refractivity contribution >= 4 is 17.9 Å². The Kier molecular flexibility index (Phi) is 2.54. The number of aromatic nitrogens is 1. The second kappa shape index (κ2) is 3.44. The molecule has 0 radical (unpaired) electrons. The fourth-order valence-electron chi connectivity index (χ4n) is 0.697. The molecule has 11 heavy (non-hydrogen) atoms. The van der Waals surface area contributed by atoms with Crippen LogP contribution in [0.4, 0.5) is 4.39 Å². The van der Waals surface area contributed by atoms with E-state index in [0.717, 1.165) is 6.20 Å². The van der Waals surface area contributed by atoms with E-state index in [0.29, 0.717) is 6.29 Å². The molecule has 0 saturated carbocycles. The second-order valence-corrected chi connectivity index (χ2v) is 2.36. The standard InChI is InChI=1S/C7H5ClFNO/c8-7-3-5(1-2-11)6(9)4-10-7/h2-4H,1H2. The largest absolute Gasteiger partial charge is 0.303 e. The van der Waals surface area contributed by atoms with Gasteiger partial charge in [-0.25, -0.2) is 9.37 Å². The Morgan fingerprint density at radius 1 is 1.73 bits per heavy atom. The predicted molar refractivity (Wildman–Crippen MR) is 39.0 cm³/mol. The summed E-state index contributed by atoms with van der Waals surface area (Å²) in [5, 5.41) is 0.197. The summed E-state index contributed by atoms with van der Waals surface area (Å²) in [5.41, 5.74) is 0.278. The molecule has 0 bridgehead atoms. The van der Waals surface area contributed by atoms with Gasteiger partial charge in [-0.1, -0.05) is 11.6 Å². The van der Waals surface area contributed by atoms with Crippen molar-refractivity contribution in [3.63, 3.8) is 0 Å². The highest BCUT2D eigenvalue weighted by atomic mass is 35.5. The van der Waals surface area contributed by atoms with Crippen LogP contribution in [0.15, 0.2) is 12.3 Å². The lowest BCUT2D eigenvalue weighted by Crippen LogP contribution is -1.92. The first-order valence-corrected chi connectivity index (χ1v) is 3.35. The van der Waals surface area contributed by atoms with Gasteiger partial charge < -0.3 is 4.79 Å². The Morgan fingerprint density at radius 3 is 3.09 bits per heavy atom. The molecule has 0 spiro atoms. The summed E-state index contributed by atoms with van der Waals surface area (Å²) in [4.78, 5) is 13.5. The summed E-state index contributed by atoms with van der Waals surface area (Å²) in [7, 11) is 0. The first kappa shape index (κ1) is 8.14. The van der Waals surface area contributed by atoms with E-state index in [1.165, 1.54) is 6.07 Å². The molecule has 0 fully saturated rings. The van der Waals surface area contributed by atoms with Crippen LogP contribution in [0.2, 0.25) is 5.15 Å². The van der Waals surface area contributed by atoms with Gasteiger partial charge in [0.2, 0.25) is 0 Å². The van der Waals surface area contributed by atoms with Gasteiger partial charge in [-0.05, 0) is 11.6 Å². The topological polar surface area (TPSA) is 30.0 Å². The van der Waals surface area contributed by atoms with Gasteiger partial charge in [0, 0.05) is 6.42 Å². The van der Waals surface area contributed by atoms with Crippen molar-refractivity contribution in [1.29, 1.82) is 0 Å². The number of carbonyl (C=O) groups excluding carboxylic acids is 1. The minimum Gasteiger partial charge on any atom is -0.303 e. The zero-order chi connectivity index (χ0) is 8.27. The molecule has 0 saturated heterocycles. The Labute approximate surface area is 68.0 Å². The predicted octanol–water partition coefficient (Wildman–Crippen LogP) is 1.62. The fourth-order valence-corrected chi connectivity index (χ4v) is 0.878. The lowest BCUT2D eigenvalue weighted by atomic mass is 10.2. The van der Waals surface area contributed by atoms with Crippen molar-refractivity contribution in [2.75, 3.05) is 0 Å². The third-order valence-electron chi connectivity index (χ3n) is 1.20. The average Bonchev–Trinajstić information content (AvgIpc) is 1.98. The zero-order valence-electron chi connectivity index (χ0n) is 5.55. The number of pyridine rings is 1. The summed E-state index contributed by atoms with van der Waals surface area (Å²) in [6.45, 7) is 0. The van der Waals surface area contributed by atoms with Crippen molar-refractivity contribution in [2.45, 2.75) is 6.42 Å². The monoisotopic (exact) mass is 173 g/mol. The SMILES string of the molecule is O=CCc1cc(Cl)ncc1F. The molecule has 0 amide bonds. The summed E-state index contributed by atoms with van der Waals surface area (Å²) in [6, 6.07) is 1.34. The molecule has 0 aliphatic heterocycles. The molecule has 4 heteroatoms. The van der Waals surface area contributed by atoms with Crippen molar-refractivity contribution < 1.29 is 9.18 Å². The van der Waals surface area contributed by atoms with Gasteiger partial charge in [0.1, 0.15) is 17.3 Å². The van der Waals surface area contributed by atoms with Crippen molar-refractivity contribution in [2.24, 2.45) is 0 Å². The quantitative estimate of drug-likeness (QED) is 0.503. The first-order chi connectivity index (χ1) is 5.24. The molecule has 0 aromatic carbocycles. The summed E-state index contributed by atoms with van der Waals surface area (Å²) < 4.78 is 12.7. The summed E-state index contributed by atoms with van der Waals surface area (Å²) >= 11 is 5.46. The maximum Gasteiger partial charge on any atom is 0.145 e. The van der Waals surface area contributed by atoms with Gasteiger partial charge in [-0.3, -0.25) is 0 Å². The molecule has 1 aromatic rings. The number of halogens is 2. The van der Waals surface area contributed by atoms with Gasteiger partial charge in [-0.2, -0.15) is 0 Å². The third-order valence-corrected chi connectivity index (χ3v) is 1.41. The molecule has 1 heterocycles. The van der Waals surface area contributed by atoms with E-state index in [4.69, 9.17) is 11.6 Å². The maximum atomic E-state index is 12.7. The number of hydrogen-bond donors (Lipinski definition) is 0. The average molecular weight is 174 g/mol. The van der Waals surface area contributed by atoms with Crippen LogP contribution in [0.3, 0.4) is 0 Å². The molecule has 1 rings (SSSR count). The van der Waals surface area contributed by atoms with Crippen molar-refractivity contribution in [1.82, 2.24) is 4.98 Å². The van der Waals surface area contributed by atoms with Gasteiger partial charge >= 0.3 is 0 Å². The van der Waals surface area contributed by atoms with E-state index in [1.807, 2.05) is 0 Å². The maximum absolute atomic E-state index is 12.7. The lowest BCUT2D eigenvalue weighted by molar-refractivity contribution is -0.107. The number of hydrogen-bond acceptors (Lipinski definition) is 2. The molecule has 2 nitrogen and oxygen atoms in total. The van der Waals surface area contributed by atoms with Crippen LogP contribution in [0, 0.1) is 5.82 Å². The Morgan fingerprint density at radius 2 is 2.45 bits per heavy atom. The van der Waals surface area contributed by atoms with E-state index in [-0.39, 0.29) is 17.1 Å². The number of nitrogens with zero attached hydrogens (tertiary/aromatic N) is 1. The van der Waals surface area contributed by atoms with Crippen molar-refractivity contribution in [3.8, 4) is 0 Å². The third kappa shape index (κ3) is 1.98. The molecule has 0 N–H and O–H groups in total. The lowest BCUT2D eigenvalue weighted by Gasteiger charge is -1.96. The molecule has 0 aliphatic carbocycles. The highest BCUT2D eigenvalue weighted by molar-refractivity contribution is 6.29. The van der Waals surface area contributed by atoms with E-state index < -0.39 is 5.82 Å². The van der Waals surface area contributed by atoms with Crippen LogP contribution in [0.5, 0.6) is 0 Å². The van der Waals surface area contributed by atoms with Crippen molar-refractivity contribution in [3.05, 3.63) is 28.8 Å². The normalized spacial score (nSPS) is 9.64. The molecule has 1 aromatic heterocycles. The molecule has 58 valence electrons. The van der Waals surface area contributed by atoms with Crippen LogP contribution in [0.25, 0.3) is 0 Å². The first-order valence-electron chi connectivity index (χ1n) is 2.97. The minimum atomic E-state index is -0.499. The van der Waals surface area contributed by atoms with Gasteiger partial charge in [0.15, 0.2) is 0 Å². The fraction of sp³-hybridized carbons (Fsp3) is 0.143. The van der Waals surface area contributed by atoms with Crippen LogP contribution in [-0.2, 0) is 11.2 Å². The van der Waals surface area contributed by atoms with E-state index in [2.05, 4.69) is 4.98 Å². The summed E-state index contributed by atoms with van der Waals surface area (Å²) in [5.74, 6) is -0.499. The number of carbonyl (C=O) groups is 1. The Hall–Kier alpha value is -0.960. The van der Waals surface area contributed by atoms with Gasteiger partial charge in [0.25, 0.3) is 0 Å². The van der Waals surface area contributed by atoms with Gasteiger partial charge in [-0.15, -0.1) is 0 Å². The number of aldehydes is 1. The van der Waals surface area contributed by atoms with Gasteiger partial charge in [0.05, 0.1) is 6.20 Å². The second-order valence-electron chi connectivity index (χ2n) is 1.97. The Balaban J connectivity index is 3.01. The summed E-state index contributed by atoms with van der Waals surface area (Å²) in [6.07, 6.45) is 1.66. The highest BCUT2D eigenvalue weighted by Gasteiger charge is 2.01.